The first kappa shape index (κ1) is 14.1. The third-order valence-corrected chi connectivity index (χ3v) is 2.28. The minimum atomic E-state index is -0.490. The van der Waals surface area contributed by atoms with Crippen LogP contribution in [0.1, 0.15) is 41.5 Å². The summed E-state index contributed by atoms with van der Waals surface area (Å²) in [5, 5.41) is 0. The van der Waals surface area contributed by atoms with Crippen LogP contribution in [0.25, 0.3) is 0 Å². The molecule has 0 aromatic carbocycles. The first-order chi connectivity index (χ1) is 6.69. The van der Waals surface area contributed by atoms with E-state index in [0.29, 0.717) is 0 Å². The second-order valence-corrected chi connectivity index (χ2v) is 5.28. The standard InChI is InChI=1S/C12H22O3/c1-8(2)10(7-13)9(3)11(14)15-12(4,5)6/h7-10H,1-6H3. The van der Waals surface area contributed by atoms with Gasteiger partial charge in [-0.05, 0) is 26.7 Å². The molecular weight excluding hydrogens is 192 g/mol. The number of carbonyl (C=O) groups excluding carboxylic acids is 2. The Bertz CT molecular complexity index is 226. The summed E-state index contributed by atoms with van der Waals surface area (Å²) in [6.45, 7) is 11.1. The number of rotatable bonds is 4. The molecule has 0 saturated carbocycles. The summed E-state index contributed by atoms with van der Waals surface area (Å²) in [7, 11) is 0. The Morgan fingerprint density at radius 3 is 1.93 bits per heavy atom. The van der Waals surface area contributed by atoms with Gasteiger partial charge in [0.2, 0.25) is 0 Å². The maximum absolute atomic E-state index is 11.7. The molecule has 0 aliphatic carbocycles. The lowest BCUT2D eigenvalue weighted by atomic mass is 9.85. The van der Waals surface area contributed by atoms with Crippen molar-refractivity contribution in [1.82, 2.24) is 0 Å². The molecule has 0 aliphatic heterocycles. The highest BCUT2D eigenvalue weighted by molar-refractivity contribution is 5.76. The lowest BCUT2D eigenvalue weighted by molar-refractivity contribution is -0.162. The Kier molecular flexibility index (Phi) is 4.98. The molecule has 0 aromatic heterocycles. The van der Waals surface area contributed by atoms with Crippen LogP contribution < -0.4 is 0 Å². The molecule has 0 N–H and O–H groups in total. The van der Waals surface area contributed by atoms with E-state index in [0.717, 1.165) is 6.29 Å². The number of ether oxygens (including phenoxy) is 1. The number of aldehydes is 1. The highest BCUT2D eigenvalue weighted by atomic mass is 16.6. The van der Waals surface area contributed by atoms with Gasteiger partial charge in [-0.3, -0.25) is 4.79 Å². The number of hydrogen-bond donors (Lipinski definition) is 0. The minimum absolute atomic E-state index is 0.157. The van der Waals surface area contributed by atoms with Gasteiger partial charge in [0.1, 0.15) is 11.9 Å². The molecule has 0 rings (SSSR count). The van der Waals surface area contributed by atoms with Crippen molar-refractivity contribution >= 4 is 12.3 Å². The van der Waals surface area contributed by atoms with Gasteiger partial charge in [-0.25, -0.2) is 0 Å². The van der Waals surface area contributed by atoms with Gasteiger partial charge in [-0.1, -0.05) is 20.8 Å². The topological polar surface area (TPSA) is 43.4 Å². The zero-order valence-corrected chi connectivity index (χ0v) is 10.5. The molecule has 2 atom stereocenters. The van der Waals surface area contributed by atoms with E-state index in [4.69, 9.17) is 4.74 Å². The minimum Gasteiger partial charge on any atom is -0.460 e. The predicted octanol–water partition coefficient (Wildman–Crippen LogP) is 2.44. The summed E-state index contributed by atoms with van der Waals surface area (Å²) < 4.78 is 5.23. The SMILES string of the molecule is CC(C)C(C=O)C(C)C(=O)OC(C)(C)C. The second kappa shape index (κ2) is 5.29. The van der Waals surface area contributed by atoms with E-state index >= 15 is 0 Å². The number of carbonyl (C=O) groups is 2. The number of esters is 1. The average molecular weight is 214 g/mol. The number of hydrogen-bond acceptors (Lipinski definition) is 3. The maximum Gasteiger partial charge on any atom is 0.309 e. The van der Waals surface area contributed by atoms with Crippen molar-refractivity contribution in [2.24, 2.45) is 17.8 Å². The third-order valence-electron chi connectivity index (χ3n) is 2.28. The van der Waals surface area contributed by atoms with Crippen LogP contribution in [0.5, 0.6) is 0 Å². The molecular formula is C12H22O3. The van der Waals surface area contributed by atoms with Gasteiger partial charge < -0.3 is 9.53 Å². The Balaban J connectivity index is 4.49. The molecule has 0 aliphatic rings. The molecule has 15 heavy (non-hydrogen) atoms. The van der Waals surface area contributed by atoms with Crippen LogP contribution in [-0.2, 0) is 14.3 Å². The normalized spacial score (nSPS) is 15.9. The van der Waals surface area contributed by atoms with Crippen molar-refractivity contribution in [2.75, 3.05) is 0 Å². The molecule has 0 spiro atoms. The first-order valence-electron chi connectivity index (χ1n) is 5.37. The van der Waals surface area contributed by atoms with Gasteiger partial charge in [0.25, 0.3) is 0 Å². The fourth-order valence-electron chi connectivity index (χ4n) is 1.40. The van der Waals surface area contributed by atoms with Crippen LogP contribution >= 0.6 is 0 Å². The molecule has 0 amide bonds. The van der Waals surface area contributed by atoms with Crippen LogP contribution in [0.4, 0.5) is 0 Å². The van der Waals surface area contributed by atoms with Crippen LogP contribution in [-0.4, -0.2) is 17.9 Å². The fourth-order valence-corrected chi connectivity index (χ4v) is 1.40. The van der Waals surface area contributed by atoms with Crippen molar-refractivity contribution < 1.29 is 14.3 Å². The largest absolute Gasteiger partial charge is 0.460 e. The van der Waals surface area contributed by atoms with Crippen LogP contribution in [0, 0.1) is 17.8 Å². The van der Waals surface area contributed by atoms with Gasteiger partial charge in [0.15, 0.2) is 0 Å². The Labute approximate surface area is 92.2 Å². The van der Waals surface area contributed by atoms with Gasteiger partial charge >= 0.3 is 5.97 Å². The molecule has 0 saturated heterocycles. The van der Waals surface area contributed by atoms with E-state index < -0.39 is 5.60 Å². The quantitative estimate of drug-likeness (QED) is 0.533. The summed E-state index contributed by atoms with van der Waals surface area (Å²) in [5.74, 6) is -0.778. The Hall–Kier alpha value is -0.860. The van der Waals surface area contributed by atoms with Crippen molar-refractivity contribution in [3.05, 3.63) is 0 Å². The molecule has 3 heteroatoms. The summed E-state index contributed by atoms with van der Waals surface area (Å²) in [6, 6.07) is 0. The lowest BCUT2D eigenvalue weighted by Gasteiger charge is -2.26. The Morgan fingerprint density at radius 2 is 1.67 bits per heavy atom. The van der Waals surface area contributed by atoms with Gasteiger partial charge in [-0.2, -0.15) is 0 Å². The first-order valence-corrected chi connectivity index (χ1v) is 5.37. The van der Waals surface area contributed by atoms with Crippen molar-refractivity contribution in [1.29, 1.82) is 0 Å². The molecule has 0 bridgehead atoms. The molecule has 0 aromatic rings. The summed E-state index contributed by atoms with van der Waals surface area (Å²) in [4.78, 5) is 22.5. The van der Waals surface area contributed by atoms with Gasteiger partial charge in [0, 0.05) is 5.92 Å². The summed E-state index contributed by atoms with van der Waals surface area (Å²) in [6.07, 6.45) is 0.846. The van der Waals surface area contributed by atoms with Crippen LogP contribution in [0.15, 0.2) is 0 Å². The zero-order chi connectivity index (χ0) is 12.2. The summed E-state index contributed by atoms with van der Waals surface area (Å²) in [5.41, 5.74) is -0.490. The maximum atomic E-state index is 11.7. The van der Waals surface area contributed by atoms with Gasteiger partial charge in [-0.15, -0.1) is 0 Å². The molecule has 0 radical (unpaired) electrons. The van der Waals surface area contributed by atoms with Crippen LogP contribution in [0.3, 0.4) is 0 Å². The summed E-state index contributed by atoms with van der Waals surface area (Å²) >= 11 is 0. The Morgan fingerprint density at radius 1 is 1.20 bits per heavy atom. The fraction of sp³-hybridized carbons (Fsp3) is 0.833. The van der Waals surface area contributed by atoms with Crippen molar-refractivity contribution in [3.8, 4) is 0 Å². The van der Waals surface area contributed by atoms with E-state index in [-0.39, 0.29) is 23.7 Å². The average Bonchev–Trinajstić information content (AvgIpc) is 2.01. The van der Waals surface area contributed by atoms with E-state index in [1.165, 1.54) is 0 Å². The zero-order valence-electron chi connectivity index (χ0n) is 10.5. The monoisotopic (exact) mass is 214 g/mol. The second-order valence-electron chi connectivity index (χ2n) is 5.28. The van der Waals surface area contributed by atoms with E-state index in [9.17, 15) is 9.59 Å². The highest BCUT2D eigenvalue weighted by Crippen LogP contribution is 2.22. The van der Waals surface area contributed by atoms with Crippen molar-refractivity contribution in [2.45, 2.75) is 47.1 Å². The van der Waals surface area contributed by atoms with E-state index in [2.05, 4.69) is 0 Å². The van der Waals surface area contributed by atoms with Crippen LogP contribution in [0.2, 0.25) is 0 Å². The molecule has 0 heterocycles. The van der Waals surface area contributed by atoms with Crippen molar-refractivity contribution in [3.63, 3.8) is 0 Å². The van der Waals surface area contributed by atoms with E-state index in [1.807, 2.05) is 34.6 Å². The predicted molar refractivity (Wildman–Crippen MR) is 59.4 cm³/mol. The lowest BCUT2D eigenvalue weighted by Crippen LogP contribution is -2.33. The van der Waals surface area contributed by atoms with Gasteiger partial charge in [0.05, 0.1) is 5.92 Å². The highest BCUT2D eigenvalue weighted by Gasteiger charge is 2.29. The molecule has 3 nitrogen and oxygen atoms in total. The third kappa shape index (κ3) is 4.96. The van der Waals surface area contributed by atoms with E-state index in [1.54, 1.807) is 6.92 Å². The molecule has 88 valence electrons. The molecule has 0 fully saturated rings. The molecule has 2 unspecified atom stereocenters. The smallest absolute Gasteiger partial charge is 0.309 e.